The van der Waals surface area contributed by atoms with Crippen LogP contribution < -0.4 is 0 Å². The third-order valence-electron chi connectivity index (χ3n) is 6.78. The molecule has 3 rings (SSSR count). The molecule has 2 aromatic rings. The van der Waals surface area contributed by atoms with Crippen LogP contribution in [-0.2, 0) is 41.5 Å². The molecule has 1 fully saturated rings. The molecule has 0 N–H and O–H groups in total. The summed E-state index contributed by atoms with van der Waals surface area (Å²) in [4.78, 5) is 56.5. The van der Waals surface area contributed by atoms with Crippen molar-refractivity contribution in [2.45, 2.75) is 77.7 Å². The van der Waals surface area contributed by atoms with E-state index in [4.69, 9.17) is 9.47 Å². The van der Waals surface area contributed by atoms with Crippen LogP contribution in [0, 0.1) is 5.92 Å². The minimum Gasteiger partial charge on any atom is -0.465 e. The molecule has 0 unspecified atom stereocenters. The Morgan fingerprint density at radius 2 is 1.79 bits per heavy atom. The Bertz CT molecular complexity index is 1100. The zero-order chi connectivity index (χ0) is 27.5. The number of benzene rings is 1. The van der Waals surface area contributed by atoms with E-state index in [1.54, 1.807) is 25.3 Å². The highest BCUT2D eigenvalue weighted by Crippen LogP contribution is 2.33. The molecule has 1 aliphatic rings. The molecule has 0 spiro atoms. The van der Waals surface area contributed by atoms with Gasteiger partial charge in [-0.05, 0) is 48.9 Å². The molecule has 0 saturated carbocycles. The number of carbonyl (C=O) groups is 4. The van der Waals surface area contributed by atoms with Crippen LogP contribution in [0.1, 0.15) is 75.6 Å². The van der Waals surface area contributed by atoms with Crippen molar-refractivity contribution < 1.29 is 28.7 Å². The molecule has 0 radical (unpaired) electrons. The number of carbonyl (C=O) groups excluding carboxylic acids is 4. The van der Waals surface area contributed by atoms with E-state index < -0.39 is 29.7 Å². The van der Waals surface area contributed by atoms with Crippen molar-refractivity contribution in [1.29, 1.82) is 0 Å². The lowest BCUT2D eigenvalue weighted by atomic mass is 9.81. The van der Waals surface area contributed by atoms with Crippen LogP contribution in [-0.4, -0.2) is 52.9 Å². The Labute approximate surface area is 224 Å². The SMILES string of the molecule is CCCCCCOC(=O)Cc1cc(C[C@H]2C(=O)N(C(=O)C[C@H](C)c3ccccc3)[C@@H]2C(=O)OCC)ccn1. The molecule has 0 aliphatic carbocycles. The summed E-state index contributed by atoms with van der Waals surface area (Å²) in [5.41, 5.74) is 2.27. The highest BCUT2D eigenvalue weighted by molar-refractivity contribution is 6.08. The van der Waals surface area contributed by atoms with E-state index in [-0.39, 0.29) is 37.8 Å². The topological polar surface area (TPSA) is 103 Å². The number of aromatic nitrogens is 1. The maximum Gasteiger partial charge on any atom is 0.330 e. The Balaban J connectivity index is 1.63. The highest BCUT2D eigenvalue weighted by Gasteiger charge is 2.55. The van der Waals surface area contributed by atoms with E-state index in [2.05, 4.69) is 11.9 Å². The van der Waals surface area contributed by atoms with Gasteiger partial charge in [-0.2, -0.15) is 0 Å². The number of likely N-dealkylation sites (tertiary alicyclic amines) is 1. The second-order valence-electron chi connectivity index (χ2n) is 9.74. The molecule has 1 aromatic heterocycles. The number of rotatable bonds is 14. The average Bonchev–Trinajstić information content (AvgIpc) is 2.90. The fraction of sp³-hybridized carbons (Fsp3) is 0.500. The van der Waals surface area contributed by atoms with Crippen molar-refractivity contribution in [3.63, 3.8) is 0 Å². The zero-order valence-electron chi connectivity index (χ0n) is 22.6. The molecule has 1 saturated heterocycles. The van der Waals surface area contributed by atoms with Crippen LogP contribution in [0.15, 0.2) is 48.7 Å². The van der Waals surface area contributed by atoms with Gasteiger partial charge >= 0.3 is 11.9 Å². The van der Waals surface area contributed by atoms with Gasteiger partial charge in [-0.25, -0.2) is 4.79 Å². The first-order valence-corrected chi connectivity index (χ1v) is 13.5. The average molecular weight is 523 g/mol. The van der Waals surface area contributed by atoms with Gasteiger partial charge in [-0.1, -0.05) is 63.4 Å². The summed E-state index contributed by atoms with van der Waals surface area (Å²) in [7, 11) is 0. The number of unbranched alkanes of at least 4 members (excludes halogenated alkanes) is 3. The van der Waals surface area contributed by atoms with Crippen LogP contribution in [0.4, 0.5) is 0 Å². The van der Waals surface area contributed by atoms with Crippen molar-refractivity contribution in [2.75, 3.05) is 13.2 Å². The van der Waals surface area contributed by atoms with E-state index in [1.807, 2.05) is 37.3 Å². The van der Waals surface area contributed by atoms with Crippen molar-refractivity contribution in [1.82, 2.24) is 9.88 Å². The smallest absolute Gasteiger partial charge is 0.330 e. The predicted molar refractivity (Wildman–Crippen MR) is 142 cm³/mol. The summed E-state index contributed by atoms with van der Waals surface area (Å²) in [6, 6.07) is 12.1. The summed E-state index contributed by atoms with van der Waals surface area (Å²) in [5.74, 6) is -2.53. The number of esters is 2. The Morgan fingerprint density at radius 1 is 1.03 bits per heavy atom. The molecule has 38 heavy (non-hydrogen) atoms. The zero-order valence-corrected chi connectivity index (χ0v) is 22.6. The molecule has 8 heteroatoms. The fourth-order valence-electron chi connectivity index (χ4n) is 4.70. The van der Waals surface area contributed by atoms with Crippen molar-refractivity contribution in [3.8, 4) is 0 Å². The number of pyridine rings is 1. The first kappa shape index (κ1) is 29.0. The second kappa shape index (κ2) is 14.4. The number of imide groups is 1. The molecule has 3 atom stereocenters. The monoisotopic (exact) mass is 522 g/mol. The van der Waals surface area contributed by atoms with Gasteiger partial charge < -0.3 is 9.47 Å². The number of ether oxygens (including phenoxy) is 2. The normalized spacial score (nSPS) is 17.4. The molecule has 2 amide bonds. The lowest BCUT2D eigenvalue weighted by Crippen LogP contribution is -2.67. The van der Waals surface area contributed by atoms with Gasteiger partial charge in [-0.3, -0.25) is 24.3 Å². The summed E-state index contributed by atoms with van der Waals surface area (Å²) in [6.07, 6.45) is 6.05. The van der Waals surface area contributed by atoms with E-state index in [1.165, 1.54) is 0 Å². The standard InChI is InChI=1S/C30H38N2O6/c1-4-6-7-11-16-38-27(34)20-24-18-22(14-15-31-24)19-25-28(30(36)37-5-2)32(29(25)35)26(33)17-21(3)23-12-9-8-10-13-23/h8-10,12-15,18,21,25,28H,4-7,11,16-17,19-20H2,1-3H3/t21-,25+,28-/m0/s1. The van der Waals surface area contributed by atoms with Gasteiger partial charge in [0, 0.05) is 12.6 Å². The van der Waals surface area contributed by atoms with Crippen LogP contribution in [0.25, 0.3) is 0 Å². The number of β-lactam (4-membered cyclic amide) rings is 1. The van der Waals surface area contributed by atoms with E-state index in [0.717, 1.165) is 41.7 Å². The van der Waals surface area contributed by atoms with E-state index in [0.29, 0.717) is 12.3 Å². The third-order valence-corrected chi connectivity index (χ3v) is 6.78. The Morgan fingerprint density at radius 3 is 2.50 bits per heavy atom. The quantitative estimate of drug-likeness (QED) is 0.206. The van der Waals surface area contributed by atoms with Crippen molar-refractivity contribution >= 4 is 23.8 Å². The highest BCUT2D eigenvalue weighted by atomic mass is 16.5. The summed E-state index contributed by atoms with van der Waals surface area (Å²) in [5, 5.41) is 0. The van der Waals surface area contributed by atoms with E-state index >= 15 is 0 Å². The summed E-state index contributed by atoms with van der Waals surface area (Å²) in [6.45, 7) is 6.28. The number of amides is 2. The van der Waals surface area contributed by atoms with Gasteiger partial charge in [0.2, 0.25) is 11.8 Å². The lowest BCUT2D eigenvalue weighted by molar-refractivity contribution is -0.179. The molecule has 204 valence electrons. The largest absolute Gasteiger partial charge is 0.465 e. The molecule has 2 heterocycles. The van der Waals surface area contributed by atoms with Crippen molar-refractivity contribution in [2.24, 2.45) is 5.92 Å². The number of hydrogen-bond donors (Lipinski definition) is 0. The Hall–Kier alpha value is -3.55. The van der Waals surface area contributed by atoms with Gasteiger partial charge in [0.15, 0.2) is 0 Å². The van der Waals surface area contributed by atoms with Gasteiger partial charge in [0.1, 0.15) is 6.04 Å². The molecule has 1 aromatic carbocycles. The predicted octanol–water partition coefficient (Wildman–Crippen LogP) is 4.40. The minimum absolute atomic E-state index is 0.0313. The summed E-state index contributed by atoms with van der Waals surface area (Å²) >= 11 is 0. The number of hydrogen-bond acceptors (Lipinski definition) is 7. The summed E-state index contributed by atoms with van der Waals surface area (Å²) < 4.78 is 10.5. The molecule has 0 bridgehead atoms. The van der Waals surface area contributed by atoms with E-state index in [9.17, 15) is 19.2 Å². The van der Waals surface area contributed by atoms with Gasteiger partial charge in [0.05, 0.1) is 31.2 Å². The molecular weight excluding hydrogens is 484 g/mol. The number of nitrogens with zero attached hydrogens (tertiary/aromatic N) is 2. The van der Waals surface area contributed by atoms with Crippen LogP contribution in [0.5, 0.6) is 0 Å². The first-order valence-electron chi connectivity index (χ1n) is 13.5. The molecule has 8 nitrogen and oxygen atoms in total. The molecular formula is C30H38N2O6. The van der Waals surface area contributed by atoms with Crippen molar-refractivity contribution in [3.05, 3.63) is 65.5 Å². The van der Waals surface area contributed by atoms with Crippen LogP contribution in [0.2, 0.25) is 0 Å². The van der Waals surface area contributed by atoms with Gasteiger partial charge in [0.25, 0.3) is 0 Å². The molecule has 1 aliphatic heterocycles. The maximum absolute atomic E-state index is 13.1. The van der Waals surface area contributed by atoms with Gasteiger partial charge in [-0.15, -0.1) is 0 Å². The lowest BCUT2D eigenvalue weighted by Gasteiger charge is -2.44. The minimum atomic E-state index is -0.970. The third kappa shape index (κ3) is 7.73. The second-order valence-corrected chi connectivity index (χ2v) is 9.74. The van der Waals surface area contributed by atoms with Crippen LogP contribution >= 0.6 is 0 Å². The van der Waals surface area contributed by atoms with Crippen LogP contribution in [0.3, 0.4) is 0 Å². The Kier molecular flexibility index (Phi) is 11.0. The fourth-order valence-corrected chi connectivity index (χ4v) is 4.70. The maximum atomic E-state index is 13.1. The first-order chi connectivity index (χ1) is 18.3.